The Hall–Kier alpha value is -2.46. The molecule has 3 aliphatic rings. The summed E-state index contributed by atoms with van der Waals surface area (Å²) in [5, 5.41) is 10.5. The first-order valence-corrected chi connectivity index (χ1v) is 14.3. The van der Waals surface area contributed by atoms with Gasteiger partial charge in [-0.3, -0.25) is 4.79 Å². The number of nitrogens with one attached hydrogen (secondary N) is 2. The summed E-state index contributed by atoms with van der Waals surface area (Å²) in [7, 11) is 1.73. The van der Waals surface area contributed by atoms with Crippen LogP contribution in [-0.2, 0) is 4.74 Å². The van der Waals surface area contributed by atoms with E-state index in [1.54, 1.807) is 30.1 Å². The number of alkyl halides is 3. The summed E-state index contributed by atoms with van der Waals surface area (Å²) in [5.41, 5.74) is 1.24. The monoisotopic (exact) mass is 574 g/mol. The lowest BCUT2D eigenvalue weighted by atomic mass is 9.96. The molecule has 39 heavy (non-hydrogen) atoms. The van der Waals surface area contributed by atoms with Gasteiger partial charge < -0.3 is 20.1 Å². The summed E-state index contributed by atoms with van der Waals surface area (Å²) in [5.74, 6) is -0.191. The van der Waals surface area contributed by atoms with Crippen LogP contribution in [0.3, 0.4) is 0 Å². The summed E-state index contributed by atoms with van der Waals surface area (Å²) >= 11 is 5.98. The maximum Gasteiger partial charge on any atom is 0.573 e. The van der Waals surface area contributed by atoms with Gasteiger partial charge in [0.1, 0.15) is 10.8 Å². The van der Waals surface area contributed by atoms with Crippen LogP contribution in [0.4, 0.5) is 24.5 Å². The zero-order valence-corrected chi connectivity index (χ0v) is 23.9. The average molecular weight is 575 g/mol. The van der Waals surface area contributed by atoms with Gasteiger partial charge in [-0.05, 0) is 69.2 Å². The molecule has 220 valence electrons. The molecule has 0 bridgehead atoms. The topological polar surface area (TPSA) is 77.4 Å². The average Bonchev–Trinajstić information content (AvgIpc) is 3.78. The first-order chi connectivity index (χ1) is 18.8. The molecule has 7 nitrogen and oxygen atoms in total. The molecule has 1 aliphatic heterocycles. The predicted molar refractivity (Wildman–Crippen MR) is 151 cm³/mol. The van der Waals surface area contributed by atoms with Gasteiger partial charge in [0.2, 0.25) is 0 Å². The van der Waals surface area contributed by atoms with E-state index in [9.17, 15) is 18.0 Å². The quantitative estimate of drug-likeness (QED) is 0.379. The molecule has 0 radical (unpaired) electrons. The number of nitrogens with zero attached hydrogens (tertiary/aromatic N) is 2. The molecule has 0 unspecified atom stereocenters. The number of benzene rings is 1. The van der Waals surface area contributed by atoms with Gasteiger partial charge in [-0.1, -0.05) is 44.7 Å². The van der Waals surface area contributed by atoms with Crippen LogP contribution in [0.5, 0.6) is 5.75 Å². The number of anilines is 2. The molecular weight excluding hydrogens is 533 g/mol. The van der Waals surface area contributed by atoms with Crippen LogP contribution >= 0.6 is 11.6 Å². The maximum absolute atomic E-state index is 12.0. The summed E-state index contributed by atoms with van der Waals surface area (Å²) in [6, 6.07) is 6.49. The molecule has 2 heterocycles. The van der Waals surface area contributed by atoms with Gasteiger partial charge in [0.05, 0.1) is 17.9 Å². The number of hydrogen-bond acceptors (Lipinski definition) is 6. The second-order valence-electron chi connectivity index (χ2n) is 9.33. The Morgan fingerprint density at radius 3 is 2.03 bits per heavy atom. The highest BCUT2D eigenvalue weighted by Crippen LogP contribution is 2.28. The Bertz CT molecular complexity index is 993. The molecule has 2 aliphatic carbocycles. The SMILES string of the molecule is C1CCOCC1.CC.CNc1cnn(C2CCCCC2)c(=O)c1Cl.FC(F)(F)Oc1ccc(NC2CC2)cc1. The number of ether oxygens (including phenoxy) is 2. The van der Waals surface area contributed by atoms with Crippen LogP contribution in [0.2, 0.25) is 5.02 Å². The standard InChI is InChI=1S/C11H16ClN3O.C10H10F3NO.C5H10O.C2H6/c1-13-9-7-14-15(11(16)10(9)12)8-5-3-2-4-6-8;11-10(12,13)15-9-5-3-8(4-6-9)14-7-1-2-7;1-2-4-6-5-3-1;1-2/h7-8,13H,2-6H2,1H3;3-7,14H,1-2H2;1-5H2;1-2H3. The summed E-state index contributed by atoms with van der Waals surface area (Å²) < 4.78 is 45.8. The highest BCUT2D eigenvalue weighted by Gasteiger charge is 2.31. The second kappa shape index (κ2) is 17.3. The van der Waals surface area contributed by atoms with Gasteiger partial charge in [0.25, 0.3) is 5.56 Å². The van der Waals surface area contributed by atoms with Crippen LogP contribution in [0.1, 0.15) is 84.1 Å². The lowest BCUT2D eigenvalue weighted by molar-refractivity contribution is -0.274. The minimum atomic E-state index is -4.62. The van der Waals surface area contributed by atoms with Crippen molar-refractivity contribution in [1.29, 1.82) is 0 Å². The van der Waals surface area contributed by atoms with Crippen molar-refractivity contribution < 1.29 is 22.6 Å². The highest BCUT2D eigenvalue weighted by molar-refractivity contribution is 6.32. The van der Waals surface area contributed by atoms with Gasteiger partial charge in [-0.2, -0.15) is 5.10 Å². The number of aromatic nitrogens is 2. The molecule has 0 atom stereocenters. The van der Waals surface area contributed by atoms with E-state index in [0.717, 1.165) is 44.6 Å². The third-order valence-electron chi connectivity index (χ3n) is 6.25. The molecule has 2 N–H and O–H groups in total. The van der Waals surface area contributed by atoms with E-state index in [4.69, 9.17) is 16.3 Å². The van der Waals surface area contributed by atoms with Crippen molar-refractivity contribution in [3.8, 4) is 5.75 Å². The van der Waals surface area contributed by atoms with E-state index >= 15 is 0 Å². The van der Waals surface area contributed by atoms with Gasteiger partial charge in [0, 0.05) is 32.0 Å². The van der Waals surface area contributed by atoms with Crippen LogP contribution < -0.4 is 20.9 Å². The lowest BCUT2D eigenvalue weighted by Gasteiger charge is -2.22. The van der Waals surface area contributed by atoms with Crippen molar-refractivity contribution in [2.45, 2.75) is 96.5 Å². The van der Waals surface area contributed by atoms with Crippen LogP contribution in [0, 0.1) is 0 Å². The Balaban J connectivity index is 0.000000215. The summed E-state index contributed by atoms with van der Waals surface area (Å²) in [6.45, 7) is 6.00. The zero-order valence-electron chi connectivity index (χ0n) is 23.2. The van der Waals surface area contributed by atoms with E-state index in [-0.39, 0.29) is 22.4 Å². The lowest BCUT2D eigenvalue weighted by Crippen LogP contribution is -2.29. The van der Waals surface area contributed by atoms with E-state index in [2.05, 4.69) is 20.5 Å². The molecule has 0 amide bonds. The number of hydrogen-bond donors (Lipinski definition) is 2. The highest BCUT2D eigenvalue weighted by atomic mass is 35.5. The third kappa shape index (κ3) is 12.5. The Labute approximate surface area is 234 Å². The Morgan fingerprint density at radius 1 is 0.974 bits per heavy atom. The van der Waals surface area contributed by atoms with E-state index in [0.29, 0.717) is 11.7 Å². The smallest absolute Gasteiger partial charge is 0.406 e. The first-order valence-electron chi connectivity index (χ1n) is 13.9. The van der Waals surface area contributed by atoms with Crippen LogP contribution in [-0.4, -0.2) is 42.4 Å². The molecule has 0 spiro atoms. The minimum Gasteiger partial charge on any atom is -0.406 e. The van der Waals surface area contributed by atoms with Crippen molar-refractivity contribution in [3.63, 3.8) is 0 Å². The Morgan fingerprint density at radius 2 is 1.56 bits per heavy atom. The van der Waals surface area contributed by atoms with E-state index in [1.165, 1.54) is 50.7 Å². The van der Waals surface area contributed by atoms with Crippen molar-refractivity contribution in [2.24, 2.45) is 0 Å². The molecule has 1 saturated heterocycles. The van der Waals surface area contributed by atoms with E-state index in [1.807, 2.05) is 13.8 Å². The fourth-order valence-electron chi connectivity index (χ4n) is 4.11. The van der Waals surface area contributed by atoms with Gasteiger partial charge in [0.15, 0.2) is 0 Å². The predicted octanol–water partition coefficient (Wildman–Crippen LogP) is 7.82. The van der Waals surface area contributed by atoms with Crippen molar-refractivity contribution in [1.82, 2.24) is 9.78 Å². The van der Waals surface area contributed by atoms with Gasteiger partial charge in [-0.15, -0.1) is 13.2 Å². The van der Waals surface area contributed by atoms with Crippen molar-refractivity contribution >= 4 is 23.0 Å². The summed E-state index contributed by atoms with van der Waals surface area (Å²) in [4.78, 5) is 12.0. The fourth-order valence-corrected chi connectivity index (χ4v) is 4.34. The Kier molecular flexibility index (Phi) is 14.5. The second-order valence-corrected chi connectivity index (χ2v) is 9.71. The molecule has 1 aromatic heterocycles. The molecule has 5 rings (SSSR count). The van der Waals surface area contributed by atoms with Gasteiger partial charge in [-0.25, -0.2) is 4.68 Å². The molecule has 2 saturated carbocycles. The molecule has 3 fully saturated rings. The fraction of sp³-hybridized carbons (Fsp3) is 0.643. The molecule has 2 aromatic rings. The minimum absolute atomic E-state index is 0.180. The largest absolute Gasteiger partial charge is 0.573 e. The first kappa shape index (κ1) is 32.8. The molecular formula is C28H42ClF3N4O3. The van der Waals surface area contributed by atoms with Crippen LogP contribution in [0.25, 0.3) is 0 Å². The van der Waals surface area contributed by atoms with Crippen molar-refractivity contribution in [2.75, 3.05) is 30.9 Å². The summed E-state index contributed by atoms with van der Waals surface area (Å²) in [6.07, 6.45) is 8.84. The molecule has 11 heteroatoms. The van der Waals surface area contributed by atoms with Crippen molar-refractivity contribution in [3.05, 3.63) is 45.8 Å². The number of rotatable bonds is 5. The van der Waals surface area contributed by atoms with E-state index < -0.39 is 6.36 Å². The third-order valence-corrected chi connectivity index (χ3v) is 6.61. The maximum atomic E-state index is 12.0. The zero-order chi connectivity index (χ0) is 28.7. The van der Waals surface area contributed by atoms with Gasteiger partial charge >= 0.3 is 6.36 Å². The molecule has 1 aromatic carbocycles. The number of halogens is 4. The normalized spacial score (nSPS) is 17.2. The van der Waals surface area contributed by atoms with Crippen LogP contribution in [0.15, 0.2) is 35.3 Å².